The molecule has 1 aromatic carbocycles. The van der Waals surface area contributed by atoms with Gasteiger partial charge in [0, 0.05) is 19.2 Å². The van der Waals surface area contributed by atoms with E-state index >= 15 is 0 Å². The number of hydrogen-bond acceptors (Lipinski definition) is 3. The lowest BCUT2D eigenvalue weighted by Gasteiger charge is -2.38. The maximum absolute atomic E-state index is 13.4. The number of benzene rings is 1. The zero-order valence-corrected chi connectivity index (χ0v) is 10.5. The monoisotopic (exact) mass is 269 g/mol. The van der Waals surface area contributed by atoms with Crippen LogP contribution in [0.1, 0.15) is 5.56 Å². The van der Waals surface area contributed by atoms with E-state index in [1.807, 2.05) is 0 Å². The van der Waals surface area contributed by atoms with Crippen LogP contribution in [0.4, 0.5) is 14.5 Å². The smallest absolute Gasteiger partial charge is 0.327 e. The first-order valence-electron chi connectivity index (χ1n) is 5.67. The van der Waals surface area contributed by atoms with E-state index in [4.69, 9.17) is 0 Å². The van der Waals surface area contributed by atoms with Gasteiger partial charge in [-0.3, -0.25) is 9.59 Å². The topological polar surface area (TPSA) is 46.6 Å². The summed E-state index contributed by atoms with van der Waals surface area (Å²) in [6, 6.07) is 6.66. The lowest BCUT2D eigenvalue weighted by Crippen LogP contribution is -2.56. The number of nitrogens with zero attached hydrogens (tertiary/aromatic N) is 1. The number of hydrogen-bond donors (Lipinski definition) is 0. The second-order valence-corrected chi connectivity index (χ2v) is 4.43. The van der Waals surface area contributed by atoms with E-state index in [1.54, 1.807) is 24.3 Å². The van der Waals surface area contributed by atoms with Gasteiger partial charge >= 0.3 is 5.97 Å². The second kappa shape index (κ2) is 4.60. The van der Waals surface area contributed by atoms with Crippen LogP contribution in [-0.4, -0.2) is 32.5 Å². The average molecular weight is 269 g/mol. The molecule has 0 fully saturated rings. The molecule has 0 bridgehead atoms. The molecule has 0 aliphatic carbocycles. The summed E-state index contributed by atoms with van der Waals surface area (Å²) in [5.41, 5.74) is -1.39. The Hall–Kier alpha value is -1.98. The van der Waals surface area contributed by atoms with Crippen LogP contribution in [0.25, 0.3) is 0 Å². The predicted octanol–water partition coefficient (Wildman–Crippen LogP) is 1.63. The van der Waals surface area contributed by atoms with Crippen molar-refractivity contribution < 1.29 is 23.1 Å². The predicted molar refractivity (Wildman–Crippen MR) is 64.0 cm³/mol. The molecule has 0 saturated carbocycles. The van der Waals surface area contributed by atoms with Crippen molar-refractivity contribution in [3.05, 3.63) is 29.8 Å². The summed E-state index contributed by atoms with van der Waals surface area (Å²) < 4.78 is 31.2. The van der Waals surface area contributed by atoms with Gasteiger partial charge in [0.1, 0.15) is 0 Å². The summed E-state index contributed by atoms with van der Waals surface area (Å²) in [5.74, 6) is -2.14. The summed E-state index contributed by atoms with van der Waals surface area (Å²) in [5, 5.41) is 0. The molecule has 6 heteroatoms. The molecule has 1 heterocycles. The summed E-state index contributed by atoms with van der Waals surface area (Å²) >= 11 is 0. The number of amides is 1. The third kappa shape index (κ3) is 1.78. The van der Waals surface area contributed by atoms with Gasteiger partial charge in [0.05, 0.1) is 7.11 Å². The van der Waals surface area contributed by atoms with Crippen LogP contribution in [-0.2, 0) is 20.7 Å². The summed E-state index contributed by atoms with van der Waals surface area (Å²) in [7, 11) is 2.38. The van der Waals surface area contributed by atoms with Crippen LogP contribution >= 0.6 is 0 Å². The van der Waals surface area contributed by atoms with Gasteiger partial charge in [0.25, 0.3) is 12.3 Å². The highest BCUT2D eigenvalue weighted by Crippen LogP contribution is 2.41. The van der Waals surface area contributed by atoms with Crippen molar-refractivity contribution in [1.82, 2.24) is 0 Å². The fourth-order valence-electron chi connectivity index (χ4n) is 2.37. The Morgan fingerprint density at radius 1 is 1.42 bits per heavy atom. The molecule has 1 aromatic rings. The van der Waals surface area contributed by atoms with Crippen LogP contribution in [0.2, 0.25) is 0 Å². The second-order valence-electron chi connectivity index (χ2n) is 4.43. The van der Waals surface area contributed by atoms with Crippen LogP contribution in [0.3, 0.4) is 0 Å². The third-order valence-electron chi connectivity index (χ3n) is 3.43. The number of ether oxygens (including phenoxy) is 1. The first kappa shape index (κ1) is 13.5. The lowest BCUT2D eigenvalue weighted by molar-refractivity contribution is -0.169. The number of para-hydroxylation sites is 1. The normalized spacial score (nSPS) is 22.4. The zero-order valence-electron chi connectivity index (χ0n) is 10.5. The Morgan fingerprint density at radius 3 is 2.63 bits per heavy atom. The van der Waals surface area contributed by atoms with Crippen LogP contribution in [0.5, 0.6) is 0 Å². The number of halogens is 2. The minimum Gasteiger partial charge on any atom is -0.468 e. The van der Waals surface area contributed by atoms with Gasteiger partial charge in [-0.15, -0.1) is 0 Å². The molecule has 102 valence electrons. The number of esters is 1. The van der Waals surface area contributed by atoms with Gasteiger partial charge in [0.2, 0.25) is 5.41 Å². The maximum Gasteiger partial charge on any atom is 0.327 e. The van der Waals surface area contributed by atoms with Crippen LogP contribution < -0.4 is 4.90 Å². The minimum absolute atomic E-state index is 0.351. The van der Waals surface area contributed by atoms with Crippen molar-refractivity contribution in [2.75, 3.05) is 19.1 Å². The number of alkyl halides is 2. The van der Waals surface area contributed by atoms with E-state index < -0.39 is 23.7 Å². The standard InChI is InChI=1S/C13H13F2NO3/c1-16-9-6-4-3-5-8(9)7-13(10(14)15,11(16)17)12(18)19-2/h3-6,10H,7H2,1-2H3. The SMILES string of the molecule is COC(=O)C1(C(F)F)Cc2ccccc2N(C)C1=O. The number of rotatable bonds is 2. The first-order valence-corrected chi connectivity index (χ1v) is 5.67. The summed E-state index contributed by atoms with van der Waals surface area (Å²) in [4.78, 5) is 25.0. The van der Waals surface area contributed by atoms with Gasteiger partial charge < -0.3 is 9.64 Å². The number of carbonyl (C=O) groups excluding carboxylic acids is 2. The molecule has 4 nitrogen and oxygen atoms in total. The molecule has 2 rings (SSSR count). The summed E-state index contributed by atoms with van der Waals surface area (Å²) in [6.45, 7) is 0. The largest absolute Gasteiger partial charge is 0.468 e. The highest BCUT2D eigenvalue weighted by atomic mass is 19.3. The Bertz CT molecular complexity index is 532. The number of fused-ring (bicyclic) bond motifs is 1. The molecule has 1 aliphatic rings. The number of anilines is 1. The number of methoxy groups -OCH3 is 1. The molecule has 1 amide bonds. The molecule has 0 saturated heterocycles. The van der Waals surface area contributed by atoms with Gasteiger partial charge in [-0.1, -0.05) is 18.2 Å². The first-order chi connectivity index (χ1) is 8.95. The van der Waals surface area contributed by atoms with Crippen molar-refractivity contribution in [1.29, 1.82) is 0 Å². The molecule has 0 aromatic heterocycles. The quantitative estimate of drug-likeness (QED) is 0.605. The maximum atomic E-state index is 13.4. The van der Waals surface area contributed by atoms with E-state index in [0.717, 1.165) is 12.0 Å². The van der Waals surface area contributed by atoms with Gasteiger partial charge in [-0.2, -0.15) is 0 Å². The van der Waals surface area contributed by atoms with Gasteiger partial charge in [0.15, 0.2) is 0 Å². The molecule has 1 atom stereocenters. The van der Waals surface area contributed by atoms with E-state index in [2.05, 4.69) is 4.74 Å². The van der Waals surface area contributed by atoms with E-state index in [0.29, 0.717) is 11.3 Å². The Kier molecular flexibility index (Phi) is 3.26. The van der Waals surface area contributed by atoms with Crippen molar-refractivity contribution in [2.45, 2.75) is 12.8 Å². The van der Waals surface area contributed by atoms with Gasteiger partial charge in [-0.25, -0.2) is 8.78 Å². The molecule has 1 unspecified atom stereocenters. The molecule has 0 spiro atoms. The van der Waals surface area contributed by atoms with E-state index in [-0.39, 0.29) is 6.42 Å². The molecular weight excluding hydrogens is 256 g/mol. The number of carbonyl (C=O) groups is 2. The highest BCUT2D eigenvalue weighted by Gasteiger charge is 2.59. The zero-order chi connectivity index (χ0) is 14.2. The molecule has 1 aliphatic heterocycles. The van der Waals surface area contributed by atoms with E-state index in [9.17, 15) is 18.4 Å². The molecule has 19 heavy (non-hydrogen) atoms. The Morgan fingerprint density at radius 2 is 2.05 bits per heavy atom. The van der Waals surface area contributed by atoms with Crippen LogP contribution in [0.15, 0.2) is 24.3 Å². The molecule has 0 radical (unpaired) electrons. The Balaban J connectivity index is 2.60. The molecular formula is C13H13F2NO3. The minimum atomic E-state index is -3.12. The van der Waals surface area contributed by atoms with Crippen molar-refractivity contribution in [3.63, 3.8) is 0 Å². The summed E-state index contributed by atoms with van der Waals surface area (Å²) in [6.07, 6.45) is -3.47. The fourth-order valence-corrected chi connectivity index (χ4v) is 2.37. The lowest BCUT2D eigenvalue weighted by atomic mass is 9.77. The van der Waals surface area contributed by atoms with Crippen LogP contribution in [0, 0.1) is 5.41 Å². The molecule has 0 N–H and O–H groups in total. The van der Waals surface area contributed by atoms with Crippen molar-refractivity contribution >= 4 is 17.6 Å². The average Bonchev–Trinajstić information content (AvgIpc) is 2.41. The van der Waals surface area contributed by atoms with Crippen molar-refractivity contribution in [3.8, 4) is 0 Å². The third-order valence-corrected chi connectivity index (χ3v) is 3.43. The Labute approximate surface area is 109 Å². The fraction of sp³-hybridized carbons (Fsp3) is 0.385. The highest BCUT2D eigenvalue weighted by molar-refractivity contribution is 6.12. The van der Waals surface area contributed by atoms with Gasteiger partial charge in [-0.05, 0) is 11.6 Å². The van der Waals surface area contributed by atoms with Crippen molar-refractivity contribution in [2.24, 2.45) is 5.41 Å². The van der Waals surface area contributed by atoms with E-state index in [1.165, 1.54) is 7.05 Å².